The number of benzene rings is 2. The highest BCUT2D eigenvalue weighted by atomic mass is 32.2. The Morgan fingerprint density at radius 1 is 1.27 bits per heavy atom. The van der Waals surface area contributed by atoms with Crippen molar-refractivity contribution in [1.82, 2.24) is 14.9 Å². The summed E-state index contributed by atoms with van der Waals surface area (Å²) in [5.41, 5.74) is 4.32. The van der Waals surface area contributed by atoms with Crippen LogP contribution < -0.4 is 14.6 Å². The minimum absolute atomic E-state index is 0.807. The van der Waals surface area contributed by atoms with Crippen molar-refractivity contribution in [2.24, 2.45) is 0 Å². The topological polar surface area (TPSA) is 44.5 Å². The van der Waals surface area contributed by atoms with Crippen LogP contribution in [0.3, 0.4) is 0 Å². The maximum Gasteiger partial charge on any atom is 0.193 e. The van der Waals surface area contributed by atoms with Crippen LogP contribution in [0, 0.1) is 0 Å². The molecule has 2 aromatic heterocycles. The molecular weight excluding hydrogens is 296 g/mol. The Labute approximate surface area is 130 Å². The Morgan fingerprint density at radius 2 is 2.18 bits per heavy atom. The maximum atomic E-state index is 5.36. The molecule has 0 fully saturated rings. The van der Waals surface area contributed by atoms with Gasteiger partial charge >= 0.3 is 0 Å². The van der Waals surface area contributed by atoms with Gasteiger partial charge in [-0.1, -0.05) is 30.0 Å². The zero-order valence-electron chi connectivity index (χ0n) is 11.9. The molecule has 0 N–H and O–H groups in total. The number of hydrogen-bond acceptors (Lipinski definition) is 3. The summed E-state index contributed by atoms with van der Waals surface area (Å²) >= 11 is 1.80. The molecule has 2 aromatic carbocycles. The summed E-state index contributed by atoms with van der Waals surface area (Å²) in [4.78, 5) is 1.29. The van der Waals surface area contributed by atoms with Crippen LogP contribution in [0.4, 0.5) is 0 Å². The van der Waals surface area contributed by atoms with Crippen molar-refractivity contribution in [2.75, 3.05) is 7.11 Å². The van der Waals surface area contributed by atoms with Gasteiger partial charge in [0, 0.05) is 21.4 Å². The largest absolute Gasteiger partial charge is 0.497 e. The van der Waals surface area contributed by atoms with E-state index in [9.17, 15) is 0 Å². The van der Waals surface area contributed by atoms with Crippen LogP contribution in [-0.4, -0.2) is 16.8 Å². The molecule has 5 nitrogen and oxygen atoms in total. The van der Waals surface area contributed by atoms with E-state index in [2.05, 4.69) is 34.6 Å². The standard InChI is InChI=1S/C16H12N4OS/c1-21-10-6-7-13-12(8-10)16-15-11-4-2-3-5-14(11)22-9-19(15)18-20(16)17-13/h2-8H,9H2,1H3. The Morgan fingerprint density at radius 3 is 3.09 bits per heavy atom. The minimum atomic E-state index is 0.807. The molecule has 5 rings (SSSR count). The van der Waals surface area contributed by atoms with Gasteiger partial charge in [0.2, 0.25) is 0 Å². The SMILES string of the molecule is COc1ccc2nn3[n-][n+]4c(c3c2c1)-c1ccccc1SC4. The van der Waals surface area contributed by atoms with Gasteiger partial charge in [-0.25, -0.2) is 4.68 Å². The van der Waals surface area contributed by atoms with Gasteiger partial charge in [0.1, 0.15) is 11.6 Å². The van der Waals surface area contributed by atoms with E-state index < -0.39 is 0 Å². The Bertz CT molecular complexity index is 1030. The van der Waals surface area contributed by atoms with Crippen molar-refractivity contribution in [3.05, 3.63) is 42.5 Å². The van der Waals surface area contributed by atoms with Crippen molar-refractivity contribution in [3.8, 4) is 17.0 Å². The smallest absolute Gasteiger partial charge is 0.193 e. The monoisotopic (exact) mass is 308 g/mol. The average Bonchev–Trinajstić information content (AvgIpc) is 3.09. The molecule has 0 atom stereocenters. The first-order valence-corrected chi connectivity index (χ1v) is 7.99. The molecule has 0 aliphatic carbocycles. The lowest BCUT2D eigenvalue weighted by atomic mass is 10.1. The summed E-state index contributed by atoms with van der Waals surface area (Å²) in [5, 5.41) is 10.3. The van der Waals surface area contributed by atoms with Gasteiger partial charge in [-0.3, -0.25) is 5.10 Å². The molecule has 108 valence electrons. The van der Waals surface area contributed by atoms with Gasteiger partial charge < -0.3 is 4.74 Å². The third-order valence-electron chi connectivity index (χ3n) is 4.02. The van der Waals surface area contributed by atoms with Crippen LogP contribution in [-0.2, 0) is 5.88 Å². The fourth-order valence-electron chi connectivity index (χ4n) is 3.01. The molecular formula is C16H12N4OS. The van der Waals surface area contributed by atoms with Crippen molar-refractivity contribution in [1.29, 1.82) is 0 Å². The fraction of sp³-hybridized carbons (Fsp3) is 0.125. The summed E-state index contributed by atoms with van der Waals surface area (Å²) in [6.45, 7) is 0. The molecule has 0 saturated heterocycles. The van der Waals surface area contributed by atoms with Crippen molar-refractivity contribution < 1.29 is 9.42 Å². The highest BCUT2D eigenvalue weighted by Crippen LogP contribution is 2.38. The number of fused-ring (bicyclic) bond motifs is 7. The Kier molecular flexibility index (Phi) is 2.35. The molecule has 0 unspecified atom stereocenters. The Hall–Kier alpha value is -2.47. The second-order valence-corrected chi connectivity index (χ2v) is 6.22. The molecule has 0 saturated carbocycles. The molecule has 1 aliphatic rings. The number of ether oxygens (including phenoxy) is 1. The average molecular weight is 308 g/mol. The summed E-state index contributed by atoms with van der Waals surface area (Å²) in [6, 6.07) is 14.4. The van der Waals surface area contributed by atoms with Gasteiger partial charge in [0.05, 0.1) is 7.11 Å². The molecule has 0 radical (unpaired) electrons. The molecule has 4 aromatic rings. The van der Waals surface area contributed by atoms with E-state index in [-0.39, 0.29) is 0 Å². The zero-order chi connectivity index (χ0) is 14.7. The van der Waals surface area contributed by atoms with Gasteiger partial charge in [0.25, 0.3) is 0 Å². The number of hydrogen-bond donors (Lipinski definition) is 0. The van der Waals surface area contributed by atoms with E-state index in [1.807, 2.05) is 22.9 Å². The lowest BCUT2D eigenvalue weighted by molar-refractivity contribution is -0.731. The van der Waals surface area contributed by atoms with Crippen LogP contribution >= 0.6 is 11.8 Å². The zero-order valence-corrected chi connectivity index (χ0v) is 12.7. The second-order valence-electron chi connectivity index (χ2n) is 5.23. The highest BCUT2D eigenvalue weighted by molar-refractivity contribution is 7.98. The molecule has 0 spiro atoms. The summed E-state index contributed by atoms with van der Waals surface area (Å²) in [7, 11) is 1.68. The highest BCUT2D eigenvalue weighted by Gasteiger charge is 2.26. The number of thioether (sulfide) groups is 1. The third-order valence-corrected chi connectivity index (χ3v) is 5.06. The van der Waals surface area contributed by atoms with E-state index >= 15 is 0 Å². The Balaban J connectivity index is 1.93. The molecule has 0 bridgehead atoms. The van der Waals surface area contributed by atoms with E-state index in [0.29, 0.717) is 0 Å². The van der Waals surface area contributed by atoms with Crippen molar-refractivity contribution in [2.45, 2.75) is 10.8 Å². The molecule has 3 heterocycles. The number of aromatic nitrogens is 4. The predicted octanol–water partition coefficient (Wildman–Crippen LogP) is 2.47. The first kappa shape index (κ1) is 12.1. The predicted molar refractivity (Wildman–Crippen MR) is 84.1 cm³/mol. The van der Waals surface area contributed by atoms with E-state index in [1.54, 1.807) is 23.5 Å². The first-order chi connectivity index (χ1) is 10.8. The van der Waals surface area contributed by atoms with Gasteiger partial charge in [0.15, 0.2) is 11.2 Å². The van der Waals surface area contributed by atoms with E-state index in [4.69, 9.17) is 4.74 Å². The molecule has 0 amide bonds. The van der Waals surface area contributed by atoms with Gasteiger partial charge in [-0.15, -0.1) is 5.21 Å². The van der Waals surface area contributed by atoms with Crippen LogP contribution in [0.1, 0.15) is 0 Å². The summed E-state index contributed by atoms with van der Waals surface area (Å²) in [5.74, 6) is 1.64. The molecule has 6 heteroatoms. The maximum absolute atomic E-state index is 5.36. The molecule has 1 aliphatic heterocycles. The number of rotatable bonds is 1. The quantitative estimate of drug-likeness (QED) is 0.507. The van der Waals surface area contributed by atoms with Gasteiger partial charge in [-0.05, 0) is 24.3 Å². The first-order valence-electron chi connectivity index (χ1n) is 7.01. The lowest BCUT2D eigenvalue weighted by Crippen LogP contribution is -2.40. The van der Waals surface area contributed by atoms with E-state index in [1.165, 1.54) is 10.5 Å². The van der Waals surface area contributed by atoms with Crippen molar-refractivity contribution >= 4 is 28.2 Å². The van der Waals surface area contributed by atoms with Gasteiger partial charge in [-0.2, -0.15) is 4.63 Å². The molecule has 22 heavy (non-hydrogen) atoms. The fourth-order valence-corrected chi connectivity index (χ4v) is 3.95. The van der Waals surface area contributed by atoms with Crippen LogP contribution in [0.15, 0.2) is 47.4 Å². The number of methoxy groups -OCH3 is 1. The second kappa shape index (κ2) is 4.27. The van der Waals surface area contributed by atoms with Crippen molar-refractivity contribution in [3.63, 3.8) is 0 Å². The van der Waals surface area contributed by atoms with Crippen LogP contribution in [0.2, 0.25) is 0 Å². The van der Waals surface area contributed by atoms with Crippen LogP contribution in [0.25, 0.3) is 27.7 Å². The number of nitrogens with zero attached hydrogens (tertiary/aromatic N) is 4. The third kappa shape index (κ3) is 1.50. The minimum Gasteiger partial charge on any atom is -0.497 e. The lowest BCUT2D eigenvalue weighted by Gasteiger charge is -2.13. The summed E-state index contributed by atoms with van der Waals surface area (Å²) in [6.07, 6.45) is 0. The summed E-state index contributed by atoms with van der Waals surface area (Å²) < 4.78 is 9.12. The van der Waals surface area contributed by atoms with Crippen LogP contribution in [0.5, 0.6) is 5.75 Å². The normalized spacial score (nSPS) is 13.3. The van der Waals surface area contributed by atoms with E-state index in [0.717, 1.165) is 33.7 Å².